The van der Waals surface area contributed by atoms with Gasteiger partial charge in [-0.2, -0.15) is 0 Å². The van der Waals surface area contributed by atoms with E-state index in [0.717, 1.165) is 15.8 Å². The molecular formula is C10H13BrN2O2. The molecule has 0 aliphatic carbocycles. The number of carbonyl (C=O) groups is 1. The molecule has 82 valence electrons. The van der Waals surface area contributed by atoms with E-state index in [1.807, 2.05) is 18.2 Å². The lowest BCUT2D eigenvalue weighted by molar-refractivity contribution is 0.242. The van der Waals surface area contributed by atoms with Gasteiger partial charge in [0.25, 0.3) is 0 Å². The van der Waals surface area contributed by atoms with Gasteiger partial charge in [0.15, 0.2) is 0 Å². The van der Waals surface area contributed by atoms with E-state index in [1.54, 1.807) is 14.2 Å². The second-order valence-corrected chi connectivity index (χ2v) is 3.76. The summed E-state index contributed by atoms with van der Waals surface area (Å²) in [4.78, 5) is 10.9. The van der Waals surface area contributed by atoms with E-state index in [2.05, 4.69) is 26.6 Å². The summed E-state index contributed by atoms with van der Waals surface area (Å²) in [5.41, 5.74) is 1.01. The zero-order valence-electron chi connectivity index (χ0n) is 8.63. The first-order valence-corrected chi connectivity index (χ1v) is 5.24. The summed E-state index contributed by atoms with van der Waals surface area (Å²) in [5, 5.41) is 5.19. The SMILES string of the molecule is CNC(=O)NCc1ccc(OC)c(Br)c1. The van der Waals surface area contributed by atoms with Crippen molar-refractivity contribution in [2.45, 2.75) is 6.54 Å². The number of benzene rings is 1. The zero-order chi connectivity index (χ0) is 11.3. The second-order valence-electron chi connectivity index (χ2n) is 2.90. The first kappa shape index (κ1) is 11.8. The number of halogens is 1. The van der Waals surface area contributed by atoms with E-state index in [-0.39, 0.29) is 6.03 Å². The van der Waals surface area contributed by atoms with Crippen molar-refractivity contribution in [2.75, 3.05) is 14.2 Å². The maximum absolute atomic E-state index is 10.9. The van der Waals surface area contributed by atoms with Crippen LogP contribution in [-0.4, -0.2) is 20.2 Å². The predicted molar refractivity (Wildman–Crippen MR) is 62.0 cm³/mol. The smallest absolute Gasteiger partial charge is 0.314 e. The van der Waals surface area contributed by atoms with Crippen LogP contribution >= 0.6 is 15.9 Å². The molecule has 0 bridgehead atoms. The number of rotatable bonds is 3. The largest absolute Gasteiger partial charge is 0.496 e. The highest BCUT2D eigenvalue weighted by molar-refractivity contribution is 9.10. The second kappa shape index (κ2) is 5.60. The van der Waals surface area contributed by atoms with Crippen LogP contribution in [0.15, 0.2) is 22.7 Å². The number of amides is 2. The molecule has 0 fully saturated rings. The molecule has 1 aromatic carbocycles. The summed E-state index contributed by atoms with van der Waals surface area (Å²) < 4.78 is 5.98. The molecule has 0 aromatic heterocycles. The van der Waals surface area contributed by atoms with Gasteiger partial charge in [-0.15, -0.1) is 0 Å². The number of hydrogen-bond acceptors (Lipinski definition) is 2. The standard InChI is InChI=1S/C10H13BrN2O2/c1-12-10(14)13-6-7-3-4-9(15-2)8(11)5-7/h3-5H,6H2,1-2H3,(H2,12,13,14). The van der Waals surface area contributed by atoms with Gasteiger partial charge in [-0.05, 0) is 33.6 Å². The van der Waals surface area contributed by atoms with Crippen LogP contribution in [0, 0.1) is 0 Å². The minimum absolute atomic E-state index is 0.193. The van der Waals surface area contributed by atoms with Crippen LogP contribution in [-0.2, 0) is 6.54 Å². The maximum atomic E-state index is 10.9. The average Bonchev–Trinajstić information content (AvgIpc) is 2.26. The number of nitrogens with one attached hydrogen (secondary N) is 2. The van der Waals surface area contributed by atoms with Gasteiger partial charge in [0.2, 0.25) is 0 Å². The fraction of sp³-hybridized carbons (Fsp3) is 0.300. The molecule has 0 unspecified atom stereocenters. The third kappa shape index (κ3) is 3.43. The molecule has 2 amide bonds. The maximum Gasteiger partial charge on any atom is 0.314 e. The summed E-state index contributed by atoms with van der Waals surface area (Å²) in [6.45, 7) is 0.488. The van der Waals surface area contributed by atoms with Gasteiger partial charge in [0.05, 0.1) is 11.6 Å². The van der Waals surface area contributed by atoms with Gasteiger partial charge in [0.1, 0.15) is 5.75 Å². The fourth-order valence-corrected chi connectivity index (χ4v) is 1.68. The third-order valence-corrected chi connectivity index (χ3v) is 2.52. The lowest BCUT2D eigenvalue weighted by Gasteiger charge is -2.07. The lowest BCUT2D eigenvalue weighted by atomic mass is 10.2. The molecule has 0 aliphatic rings. The van der Waals surface area contributed by atoms with Crippen LogP contribution in [0.3, 0.4) is 0 Å². The molecule has 5 heteroatoms. The number of hydrogen-bond donors (Lipinski definition) is 2. The topological polar surface area (TPSA) is 50.4 Å². The van der Waals surface area contributed by atoms with Gasteiger partial charge in [-0.25, -0.2) is 4.79 Å². The average molecular weight is 273 g/mol. The molecule has 0 saturated carbocycles. The Hall–Kier alpha value is -1.23. The Morgan fingerprint density at radius 3 is 2.80 bits per heavy atom. The van der Waals surface area contributed by atoms with Crippen molar-refractivity contribution < 1.29 is 9.53 Å². The number of urea groups is 1. The molecular weight excluding hydrogens is 260 g/mol. The van der Waals surface area contributed by atoms with E-state index in [4.69, 9.17) is 4.74 Å². The van der Waals surface area contributed by atoms with Crippen LogP contribution in [0.2, 0.25) is 0 Å². The quantitative estimate of drug-likeness (QED) is 0.883. The van der Waals surface area contributed by atoms with E-state index < -0.39 is 0 Å². The van der Waals surface area contributed by atoms with Crippen molar-refractivity contribution in [1.29, 1.82) is 0 Å². The van der Waals surface area contributed by atoms with Crippen molar-refractivity contribution in [3.8, 4) is 5.75 Å². The van der Waals surface area contributed by atoms with Gasteiger partial charge in [0, 0.05) is 13.6 Å². The molecule has 1 aromatic rings. The highest BCUT2D eigenvalue weighted by Crippen LogP contribution is 2.25. The molecule has 15 heavy (non-hydrogen) atoms. The molecule has 0 atom stereocenters. The van der Waals surface area contributed by atoms with E-state index in [9.17, 15) is 4.79 Å². The Morgan fingerprint density at radius 1 is 1.53 bits per heavy atom. The lowest BCUT2D eigenvalue weighted by Crippen LogP contribution is -2.32. The number of carbonyl (C=O) groups excluding carboxylic acids is 1. The van der Waals surface area contributed by atoms with Gasteiger partial charge in [-0.1, -0.05) is 6.07 Å². The monoisotopic (exact) mass is 272 g/mol. The van der Waals surface area contributed by atoms with E-state index in [0.29, 0.717) is 6.54 Å². The van der Waals surface area contributed by atoms with Crippen LogP contribution < -0.4 is 15.4 Å². The summed E-state index contributed by atoms with van der Waals surface area (Å²) >= 11 is 3.38. The summed E-state index contributed by atoms with van der Waals surface area (Å²) in [7, 11) is 3.20. The Bertz CT molecular complexity index is 355. The highest BCUT2D eigenvalue weighted by Gasteiger charge is 2.02. The molecule has 0 spiro atoms. The number of methoxy groups -OCH3 is 1. The van der Waals surface area contributed by atoms with Crippen LogP contribution in [0.1, 0.15) is 5.56 Å². The predicted octanol–water partition coefficient (Wildman–Crippen LogP) is 1.89. The first-order chi connectivity index (χ1) is 7.17. The molecule has 0 aliphatic heterocycles. The van der Waals surface area contributed by atoms with Crippen molar-refractivity contribution in [1.82, 2.24) is 10.6 Å². The van der Waals surface area contributed by atoms with Gasteiger partial charge >= 0.3 is 6.03 Å². The summed E-state index contributed by atoms with van der Waals surface area (Å²) in [6, 6.07) is 5.47. The van der Waals surface area contributed by atoms with Crippen LogP contribution in [0.4, 0.5) is 4.79 Å². The Kier molecular flexibility index (Phi) is 4.42. The molecule has 0 saturated heterocycles. The highest BCUT2D eigenvalue weighted by atomic mass is 79.9. The summed E-state index contributed by atoms with van der Waals surface area (Å²) in [5.74, 6) is 0.777. The Balaban J connectivity index is 2.63. The first-order valence-electron chi connectivity index (χ1n) is 4.45. The van der Waals surface area contributed by atoms with Gasteiger partial charge < -0.3 is 15.4 Å². The molecule has 0 radical (unpaired) electrons. The molecule has 2 N–H and O–H groups in total. The minimum atomic E-state index is -0.193. The molecule has 1 rings (SSSR count). The van der Waals surface area contributed by atoms with Gasteiger partial charge in [-0.3, -0.25) is 0 Å². The van der Waals surface area contributed by atoms with Crippen molar-refractivity contribution in [3.63, 3.8) is 0 Å². The minimum Gasteiger partial charge on any atom is -0.496 e. The van der Waals surface area contributed by atoms with E-state index >= 15 is 0 Å². The third-order valence-electron chi connectivity index (χ3n) is 1.90. The number of ether oxygens (including phenoxy) is 1. The van der Waals surface area contributed by atoms with Crippen molar-refractivity contribution >= 4 is 22.0 Å². The molecule has 0 heterocycles. The van der Waals surface area contributed by atoms with E-state index in [1.165, 1.54) is 0 Å². The van der Waals surface area contributed by atoms with Crippen molar-refractivity contribution in [2.24, 2.45) is 0 Å². The van der Waals surface area contributed by atoms with Crippen LogP contribution in [0.25, 0.3) is 0 Å². The van der Waals surface area contributed by atoms with Crippen molar-refractivity contribution in [3.05, 3.63) is 28.2 Å². The Morgan fingerprint density at radius 2 is 2.27 bits per heavy atom. The zero-order valence-corrected chi connectivity index (χ0v) is 10.2. The fourth-order valence-electron chi connectivity index (χ4n) is 1.09. The Labute approximate surface area is 97.1 Å². The summed E-state index contributed by atoms with van der Waals surface area (Å²) in [6.07, 6.45) is 0. The normalized spacial score (nSPS) is 9.53. The molecule has 4 nitrogen and oxygen atoms in total. The van der Waals surface area contributed by atoms with Crippen LogP contribution in [0.5, 0.6) is 5.75 Å².